The number of ether oxygens (including phenoxy) is 5. The molecule has 0 unspecified atom stereocenters. The van der Waals surface area contributed by atoms with Crippen LogP contribution in [0.25, 0.3) is 0 Å². The van der Waals surface area contributed by atoms with E-state index in [0.29, 0.717) is 11.1 Å². The van der Waals surface area contributed by atoms with Crippen LogP contribution in [0.1, 0.15) is 118 Å². The van der Waals surface area contributed by atoms with Crippen molar-refractivity contribution in [3.05, 3.63) is 149 Å². The third-order valence-corrected chi connectivity index (χ3v) is 15.5. The first kappa shape index (κ1) is 60.9. The Hall–Kier alpha value is -7.29. The molecule has 2 saturated carbocycles. The number of anilines is 1. The third kappa shape index (κ3) is 12.6. The van der Waals surface area contributed by atoms with Crippen LogP contribution in [0.2, 0.25) is 0 Å². The fourth-order valence-electron chi connectivity index (χ4n) is 11.4. The average Bonchev–Trinajstić information content (AvgIpc) is 3.05. The summed E-state index contributed by atoms with van der Waals surface area (Å²) in [5.41, 5.74) is -5.76. The van der Waals surface area contributed by atoms with Gasteiger partial charge in [0.15, 0.2) is 23.6 Å². The van der Waals surface area contributed by atoms with E-state index in [0.717, 1.165) is 39.2 Å². The lowest BCUT2D eigenvalue weighted by Gasteiger charge is -2.67. The molecule has 19 heteroatoms. The van der Waals surface area contributed by atoms with Gasteiger partial charge in [-0.25, -0.2) is 14.4 Å². The standard InChI is InChI=1S/C47H51NO14.C9H11NO2.C4H11N/c1-25-31(60-43(56)36(52)35(28-16-10-7-11-17-28)48-41(54)29-18-12-8-13-19-29)23-47(57)40(61-42(55)30-20-14-9-15-21-30)38-45(6,32(51)22-33-46(38,24-58-33)62-27(3)50)39(53)37(59-26(2)49)34(25)44(47,4)5;1-2-10-8-5-3-7(4-6-8)9(11)12;1-3-5-4-2/h7-21,31-33,35-38,40,51-52,57H,22-24H2,1-6H3,(H,48,54);3-6,10H,2H2,1H3,(H,11,12);5H,3-4H2,1-2H3/t31-,32-,33+,35-,36+,37+,38-,40-,45+,46-,47+;;/m0../s1. The van der Waals surface area contributed by atoms with Crippen LogP contribution in [0.4, 0.5) is 5.69 Å². The largest absolute Gasteiger partial charge is 0.478 e. The van der Waals surface area contributed by atoms with E-state index >= 15 is 4.79 Å². The van der Waals surface area contributed by atoms with Crippen molar-refractivity contribution in [2.24, 2.45) is 16.7 Å². The number of rotatable bonds is 15. The number of Topliss-reactive ketones (excluding diaryl/α,β-unsaturated/α-hetero) is 1. The summed E-state index contributed by atoms with van der Waals surface area (Å²) >= 11 is 0. The van der Waals surface area contributed by atoms with E-state index in [4.69, 9.17) is 28.8 Å². The summed E-state index contributed by atoms with van der Waals surface area (Å²) in [6.45, 7) is 17.2. The zero-order valence-electron chi connectivity index (χ0n) is 46.0. The first-order valence-electron chi connectivity index (χ1n) is 26.4. The number of aliphatic hydroxyl groups excluding tert-OH is 2. The lowest BCUT2D eigenvalue weighted by atomic mass is 9.44. The number of carbonyl (C=O) groups excluding carboxylic acids is 6. The van der Waals surface area contributed by atoms with Gasteiger partial charge in [0.25, 0.3) is 5.91 Å². The zero-order valence-corrected chi connectivity index (χ0v) is 46.0. The molecule has 7 N–H and O–H groups in total. The second-order valence-electron chi connectivity index (χ2n) is 20.7. The quantitative estimate of drug-likeness (QED) is 0.0398. The Morgan fingerprint density at radius 3 is 1.81 bits per heavy atom. The van der Waals surface area contributed by atoms with E-state index in [1.54, 1.807) is 117 Å². The summed E-state index contributed by atoms with van der Waals surface area (Å²) in [6, 6.07) is 29.6. The van der Waals surface area contributed by atoms with Crippen LogP contribution in [-0.4, -0.2) is 136 Å². The number of carbonyl (C=O) groups is 7. The molecule has 79 heavy (non-hydrogen) atoms. The van der Waals surface area contributed by atoms with Gasteiger partial charge in [0.2, 0.25) is 0 Å². The van der Waals surface area contributed by atoms with Gasteiger partial charge in [0, 0.05) is 49.9 Å². The molecule has 1 heterocycles. The molecule has 8 rings (SSSR count). The minimum Gasteiger partial charge on any atom is -0.478 e. The molecule has 1 saturated heterocycles. The fraction of sp³-hybridized carbons (Fsp3) is 0.450. The van der Waals surface area contributed by atoms with E-state index < -0.39 is 119 Å². The highest BCUT2D eigenvalue weighted by molar-refractivity contribution is 5.96. The molecule has 11 atom stereocenters. The van der Waals surface area contributed by atoms with Gasteiger partial charge in [-0.1, -0.05) is 94.4 Å². The summed E-state index contributed by atoms with van der Waals surface area (Å²) in [6.07, 6.45) is -10.5. The summed E-state index contributed by atoms with van der Waals surface area (Å²) in [4.78, 5) is 93.9. The monoisotopic (exact) mass is 1090 g/mol. The number of benzene rings is 4. The molecule has 424 valence electrons. The van der Waals surface area contributed by atoms with Crippen molar-refractivity contribution in [2.75, 3.05) is 31.6 Å². The van der Waals surface area contributed by atoms with Crippen LogP contribution in [0.3, 0.4) is 0 Å². The van der Waals surface area contributed by atoms with Crippen molar-refractivity contribution in [1.82, 2.24) is 10.6 Å². The van der Waals surface area contributed by atoms with Crippen molar-refractivity contribution in [3.63, 3.8) is 0 Å². The Bertz CT molecular complexity index is 2840. The number of nitrogens with one attached hydrogen (secondary N) is 3. The molecule has 0 spiro atoms. The van der Waals surface area contributed by atoms with Crippen LogP contribution < -0.4 is 16.0 Å². The number of amides is 1. The molecular formula is C60H73N3O16. The van der Waals surface area contributed by atoms with Crippen LogP contribution in [-0.2, 0) is 42.9 Å². The van der Waals surface area contributed by atoms with E-state index in [1.165, 1.54) is 26.0 Å². The fourth-order valence-corrected chi connectivity index (χ4v) is 11.4. The summed E-state index contributed by atoms with van der Waals surface area (Å²) < 4.78 is 30.3. The van der Waals surface area contributed by atoms with E-state index in [-0.39, 0.29) is 35.3 Å². The van der Waals surface area contributed by atoms with Crippen molar-refractivity contribution in [2.45, 2.75) is 129 Å². The predicted molar refractivity (Wildman–Crippen MR) is 289 cm³/mol. The summed E-state index contributed by atoms with van der Waals surface area (Å²) in [5.74, 6) is -7.73. The number of aromatic carboxylic acids is 1. The molecule has 19 nitrogen and oxygen atoms in total. The minimum atomic E-state index is -2.39. The number of hydrogen-bond donors (Lipinski definition) is 7. The highest BCUT2D eigenvalue weighted by Gasteiger charge is 2.78. The number of ketones is 1. The molecule has 3 aliphatic carbocycles. The molecular weight excluding hydrogens is 1020 g/mol. The van der Waals surface area contributed by atoms with Crippen molar-refractivity contribution >= 4 is 47.2 Å². The van der Waals surface area contributed by atoms with Crippen LogP contribution >= 0.6 is 0 Å². The summed E-state index contributed by atoms with van der Waals surface area (Å²) in [5, 5.41) is 55.0. The van der Waals surface area contributed by atoms with E-state index in [2.05, 4.69) is 29.8 Å². The second kappa shape index (κ2) is 25.7. The first-order chi connectivity index (χ1) is 37.4. The third-order valence-electron chi connectivity index (χ3n) is 15.5. The first-order valence-corrected chi connectivity index (χ1v) is 26.4. The number of carboxylic acid groups (broad SMARTS) is 1. The topological polar surface area (TPSA) is 283 Å². The van der Waals surface area contributed by atoms with E-state index in [1.807, 2.05) is 6.92 Å². The van der Waals surface area contributed by atoms with Gasteiger partial charge in [-0.15, -0.1) is 0 Å². The molecule has 1 aliphatic heterocycles. The Kier molecular flexibility index (Phi) is 19.8. The number of hydrogen-bond acceptors (Lipinski definition) is 17. The molecule has 3 fully saturated rings. The smallest absolute Gasteiger partial charge is 0.338 e. The van der Waals surface area contributed by atoms with Crippen LogP contribution in [0, 0.1) is 16.7 Å². The molecule has 4 aromatic carbocycles. The number of esters is 4. The summed E-state index contributed by atoms with van der Waals surface area (Å²) in [7, 11) is 0. The van der Waals surface area contributed by atoms with Crippen molar-refractivity contribution < 1.29 is 77.7 Å². The van der Waals surface area contributed by atoms with Gasteiger partial charge < -0.3 is 60.1 Å². The molecule has 0 aromatic heterocycles. The highest BCUT2D eigenvalue weighted by Crippen LogP contribution is 2.64. The Morgan fingerprint density at radius 1 is 0.747 bits per heavy atom. The number of carboxylic acids is 1. The normalized spacial score (nSPS) is 27.0. The van der Waals surface area contributed by atoms with Crippen molar-refractivity contribution in [3.8, 4) is 0 Å². The van der Waals surface area contributed by atoms with Gasteiger partial charge in [0.1, 0.15) is 23.9 Å². The number of fused-ring (bicyclic) bond motifs is 5. The van der Waals surface area contributed by atoms with Gasteiger partial charge in [-0.3, -0.25) is 19.2 Å². The van der Waals surface area contributed by atoms with Gasteiger partial charge in [0.05, 0.1) is 41.2 Å². The van der Waals surface area contributed by atoms with Crippen LogP contribution in [0.5, 0.6) is 0 Å². The molecule has 4 aromatic rings. The minimum absolute atomic E-state index is 0.00289. The molecule has 1 amide bonds. The second-order valence-corrected chi connectivity index (χ2v) is 20.7. The van der Waals surface area contributed by atoms with Gasteiger partial charge in [-0.05, 0) is 99.1 Å². The van der Waals surface area contributed by atoms with Crippen molar-refractivity contribution in [1.29, 1.82) is 0 Å². The Morgan fingerprint density at radius 2 is 1.32 bits per heavy atom. The molecule has 4 aliphatic rings. The lowest BCUT2D eigenvalue weighted by molar-refractivity contribution is -0.346. The van der Waals surface area contributed by atoms with Gasteiger partial charge in [-0.2, -0.15) is 0 Å². The highest BCUT2D eigenvalue weighted by atomic mass is 16.6. The SMILES string of the molecule is CC(=O)O[C@H]1C(=O)[C@@]2(C)[C@H]([C@H](OC(=O)c3ccccc3)[C@]3(O)C[C@H](OC(=O)[C@H](O)[C@@H](NC(=O)c4ccccc4)c4ccccc4)C(C)=C1C3(C)C)[C@]1(OC(C)=O)CO[C@@H]1C[C@@H]2O.CCNCC.CCNc1ccc(C(=O)O)cc1. The maximum Gasteiger partial charge on any atom is 0.338 e. The Balaban J connectivity index is 0.000000508. The predicted octanol–water partition coefficient (Wildman–Crippen LogP) is 6.17. The maximum atomic E-state index is 15.5. The van der Waals surface area contributed by atoms with E-state index in [9.17, 15) is 44.1 Å². The Labute approximate surface area is 460 Å². The molecule has 0 radical (unpaired) electrons. The maximum absolute atomic E-state index is 15.5. The molecule has 2 bridgehead atoms. The van der Waals surface area contributed by atoms with Gasteiger partial charge >= 0.3 is 29.8 Å². The van der Waals surface area contributed by atoms with Crippen LogP contribution in [0.15, 0.2) is 126 Å². The average molecular weight is 1090 g/mol. The lowest BCUT2D eigenvalue weighted by Crippen LogP contribution is -2.82. The number of aliphatic hydroxyl groups is 3. The zero-order chi connectivity index (χ0) is 58.0.